The fourth-order valence-electron chi connectivity index (χ4n) is 1.62. The van der Waals surface area contributed by atoms with Gasteiger partial charge in [-0.1, -0.05) is 12.3 Å². The van der Waals surface area contributed by atoms with Gasteiger partial charge in [0.05, 0.1) is 0 Å². The lowest BCUT2D eigenvalue weighted by Crippen LogP contribution is -2.35. The highest BCUT2D eigenvalue weighted by atomic mass is 16.7. The number of nitro groups is 1. The summed E-state index contributed by atoms with van der Waals surface area (Å²) in [5, 5.41) is 19.4. The fourth-order valence-corrected chi connectivity index (χ4v) is 1.62. The molecular weight excluding hydrogens is 276 g/mol. The zero-order valence-electron chi connectivity index (χ0n) is 12.9. The van der Waals surface area contributed by atoms with E-state index in [4.69, 9.17) is 10.1 Å². The maximum Gasteiger partial charge on any atom is 0.407 e. The first kappa shape index (κ1) is 19.1. The van der Waals surface area contributed by atoms with Gasteiger partial charge in [-0.05, 0) is 46.0 Å². The summed E-state index contributed by atoms with van der Waals surface area (Å²) in [5.74, 6) is 0.0313. The van der Waals surface area contributed by atoms with Gasteiger partial charge in [0.25, 0.3) is 0 Å². The number of hydrogen-bond acceptors (Lipinski definition) is 5. The van der Waals surface area contributed by atoms with Crippen LogP contribution in [0.5, 0.6) is 0 Å². The second-order valence-corrected chi connectivity index (χ2v) is 5.78. The topological polar surface area (TPSA) is 117 Å². The quantitative estimate of drug-likeness (QED) is 0.275. The van der Waals surface area contributed by atoms with Gasteiger partial charge in [0.2, 0.25) is 0 Å². The van der Waals surface area contributed by atoms with E-state index in [9.17, 15) is 14.9 Å². The number of alkyl carbamates (subject to hydrolysis) is 1. The monoisotopic (exact) mass is 301 g/mol. The summed E-state index contributed by atoms with van der Waals surface area (Å²) in [6.45, 7) is 9.63. The van der Waals surface area contributed by atoms with Gasteiger partial charge in [-0.25, -0.2) is 14.9 Å². The summed E-state index contributed by atoms with van der Waals surface area (Å²) >= 11 is 0. The van der Waals surface area contributed by atoms with Crippen LogP contribution in [0.25, 0.3) is 0 Å². The number of rotatable bonds is 8. The number of hydrogen-bond donors (Lipinski definition) is 3. The van der Waals surface area contributed by atoms with E-state index in [-0.39, 0.29) is 11.8 Å². The third kappa shape index (κ3) is 11.6. The van der Waals surface area contributed by atoms with Crippen molar-refractivity contribution < 1.29 is 14.6 Å². The van der Waals surface area contributed by atoms with Crippen LogP contribution in [-0.4, -0.2) is 29.1 Å². The smallest absolute Gasteiger partial charge is 0.407 e. The lowest BCUT2D eigenvalue weighted by Gasteiger charge is -2.21. The molecule has 0 aromatic carbocycles. The highest BCUT2D eigenvalue weighted by Crippen LogP contribution is 2.12. The Labute approximate surface area is 125 Å². The summed E-state index contributed by atoms with van der Waals surface area (Å²) in [7, 11) is 0. The lowest BCUT2D eigenvalue weighted by atomic mass is 9.99. The van der Waals surface area contributed by atoms with Gasteiger partial charge in [-0.2, -0.15) is 0 Å². The van der Waals surface area contributed by atoms with Crippen molar-refractivity contribution in [2.75, 3.05) is 6.54 Å². The molecule has 8 nitrogen and oxygen atoms in total. The molecule has 0 aliphatic heterocycles. The summed E-state index contributed by atoms with van der Waals surface area (Å²) in [4.78, 5) is 21.6. The standard InChI is InChI=1S/C13H25N4O4/c1-5-10(7-6-8-11(14)16-17(19)20)9-15-12(18)21-13(2,3)4/h10H,1,5-9H2,2-4H3,(H2,14,16)(H,15,18). The summed E-state index contributed by atoms with van der Waals surface area (Å²) < 4.78 is 5.13. The van der Waals surface area contributed by atoms with E-state index < -0.39 is 16.7 Å². The zero-order valence-corrected chi connectivity index (χ0v) is 12.9. The number of nitrogens with one attached hydrogen (secondary N) is 3. The van der Waals surface area contributed by atoms with Crippen molar-refractivity contribution in [3.05, 3.63) is 17.0 Å². The molecule has 0 rings (SSSR count). The molecule has 0 fully saturated rings. The van der Waals surface area contributed by atoms with Crippen LogP contribution in [0.1, 0.15) is 46.5 Å². The number of nitrogens with zero attached hydrogens (tertiary/aromatic N) is 1. The normalized spacial score (nSPS) is 12.4. The van der Waals surface area contributed by atoms with Gasteiger partial charge >= 0.3 is 6.09 Å². The summed E-state index contributed by atoms with van der Waals surface area (Å²) in [6.07, 6.45) is 1.80. The average Bonchev–Trinajstić information content (AvgIpc) is 2.30. The number of hydrazine groups is 1. The molecule has 0 saturated heterocycles. The minimum Gasteiger partial charge on any atom is -0.444 e. The minimum atomic E-state index is -0.745. The molecule has 0 aromatic heterocycles. The van der Waals surface area contributed by atoms with Crippen molar-refractivity contribution in [2.24, 2.45) is 5.92 Å². The Morgan fingerprint density at radius 1 is 1.48 bits per heavy atom. The minimum absolute atomic E-state index is 0.122. The Morgan fingerprint density at radius 3 is 2.57 bits per heavy atom. The Bertz CT molecular complexity index is 366. The van der Waals surface area contributed by atoms with E-state index in [2.05, 4.69) is 12.2 Å². The van der Waals surface area contributed by atoms with Gasteiger partial charge < -0.3 is 10.1 Å². The molecule has 0 aliphatic carbocycles. The number of carbonyl (C=O) groups is 1. The van der Waals surface area contributed by atoms with Crippen molar-refractivity contribution in [1.29, 1.82) is 5.41 Å². The fraction of sp³-hybridized carbons (Fsp3) is 0.769. The predicted octanol–water partition coefficient (Wildman–Crippen LogP) is 2.28. The zero-order chi connectivity index (χ0) is 16.5. The number of carbonyl (C=O) groups excluding carboxylic acids is 1. The SMILES string of the molecule is [CH2]CC(CCCC(=N)N[N+](=O)[O-])CNC(=O)OC(C)(C)C. The Hall–Kier alpha value is -1.86. The second-order valence-electron chi connectivity index (χ2n) is 5.78. The van der Waals surface area contributed by atoms with Crippen LogP contribution >= 0.6 is 0 Å². The average molecular weight is 301 g/mol. The van der Waals surface area contributed by atoms with E-state index in [1.165, 1.54) is 0 Å². The van der Waals surface area contributed by atoms with Crippen molar-refractivity contribution in [1.82, 2.24) is 10.7 Å². The molecule has 121 valence electrons. The first-order valence-corrected chi connectivity index (χ1v) is 6.88. The van der Waals surface area contributed by atoms with Gasteiger partial charge in [-0.3, -0.25) is 5.41 Å². The Balaban J connectivity index is 3.93. The molecule has 0 aliphatic rings. The van der Waals surface area contributed by atoms with E-state index in [0.717, 1.165) is 6.42 Å². The number of ether oxygens (including phenoxy) is 1. The Morgan fingerprint density at radius 2 is 2.10 bits per heavy atom. The second kappa shape index (κ2) is 9.15. The van der Waals surface area contributed by atoms with Crippen LogP contribution in [0, 0.1) is 28.4 Å². The van der Waals surface area contributed by atoms with Gasteiger partial charge in [0.15, 0.2) is 10.9 Å². The number of amides is 1. The lowest BCUT2D eigenvalue weighted by molar-refractivity contribution is -0.525. The first-order chi connectivity index (χ1) is 9.64. The molecule has 0 spiro atoms. The molecule has 21 heavy (non-hydrogen) atoms. The van der Waals surface area contributed by atoms with Gasteiger partial charge in [0, 0.05) is 13.0 Å². The van der Waals surface area contributed by atoms with Crippen molar-refractivity contribution in [3.8, 4) is 0 Å². The highest BCUT2D eigenvalue weighted by molar-refractivity contribution is 5.77. The van der Waals surface area contributed by atoms with Gasteiger partial charge in [-0.15, -0.1) is 0 Å². The molecular formula is C13H25N4O4. The maximum absolute atomic E-state index is 11.5. The van der Waals surface area contributed by atoms with E-state index in [1.54, 1.807) is 20.8 Å². The van der Waals surface area contributed by atoms with Crippen LogP contribution < -0.4 is 10.7 Å². The molecule has 1 atom stereocenters. The van der Waals surface area contributed by atoms with E-state index >= 15 is 0 Å². The molecule has 1 amide bonds. The molecule has 1 unspecified atom stereocenters. The van der Waals surface area contributed by atoms with Crippen LogP contribution in [0.3, 0.4) is 0 Å². The van der Waals surface area contributed by atoms with Crippen molar-refractivity contribution in [2.45, 2.75) is 52.1 Å². The van der Waals surface area contributed by atoms with Crippen LogP contribution in [-0.2, 0) is 4.74 Å². The molecule has 0 aromatic rings. The summed E-state index contributed by atoms with van der Waals surface area (Å²) in [6, 6.07) is 0. The molecule has 3 N–H and O–H groups in total. The summed E-state index contributed by atoms with van der Waals surface area (Å²) in [5.41, 5.74) is 1.28. The molecule has 0 heterocycles. The molecule has 8 heteroatoms. The third-order valence-electron chi connectivity index (χ3n) is 2.61. The first-order valence-electron chi connectivity index (χ1n) is 6.88. The molecule has 1 radical (unpaired) electrons. The van der Waals surface area contributed by atoms with E-state index in [0.29, 0.717) is 25.8 Å². The van der Waals surface area contributed by atoms with Gasteiger partial charge in [0.1, 0.15) is 5.60 Å². The van der Waals surface area contributed by atoms with Crippen molar-refractivity contribution in [3.63, 3.8) is 0 Å². The van der Waals surface area contributed by atoms with Crippen LogP contribution in [0.2, 0.25) is 0 Å². The largest absolute Gasteiger partial charge is 0.444 e. The van der Waals surface area contributed by atoms with Crippen LogP contribution in [0.15, 0.2) is 0 Å². The Kier molecular flexibility index (Phi) is 8.34. The highest BCUT2D eigenvalue weighted by Gasteiger charge is 2.17. The van der Waals surface area contributed by atoms with Crippen molar-refractivity contribution >= 4 is 11.9 Å². The van der Waals surface area contributed by atoms with Crippen LogP contribution in [0.4, 0.5) is 4.79 Å². The predicted molar refractivity (Wildman–Crippen MR) is 79.4 cm³/mol. The maximum atomic E-state index is 11.5. The molecule has 0 bridgehead atoms. The molecule has 0 saturated carbocycles. The van der Waals surface area contributed by atoms with E-state index in [1.807, 2.05) is 5.43 Å². The third-order valence-corrected chi connectivity index (χ3v) is 2.61. The number of amidine groups is 1.